The summed E-state index contributed by atoms with van der Waals surface area (Å²) in [5.41, 5.74) is 2.48. The second-order valence-electron chi connectivity index (χ2n) is 4.60. The van der Waals surface area contributed by atoms with E-state index in [9.17, 15) is 9.18 Å². The van der Waals surface area contributed by atoms with Crippen molar-refractivity contribution in [3.63, 3.8) is 0 Å². The van der Waals surface area contributed by atoms with Gasteiger partial charge >= 0.3 is 5.97 Å². The predicted octanol–water partition coefficient (Wildman–Crippen LogP) is 3.81. The van der Waals surface area contributed by atoms with Gasteiger partial charge in [-0.05, 0) is 54.0 Å². The first-order chi connectivity index (χ1) is 10.0. The number of halogens is 1. The summed E-state index contributed by atoms with van der Waals surface area (Å²) >= 11 is 0. The largest absolute Gasteiger partial charge is 0.489 e. The van der Waals surface area contributed by atoms with E-state index in [1.54, 1.807) is 30.3 Å². The molecule has 0 aromatic heterocycles. The molecule has 0 saturated heterocycles. The first kappa shape index (κ1) is 14.8. The molecule has 0 radical (unpaired) electrons. The molecule has 108 valence electrons. The zero-order chi connectivity index (χ0) is 15.2. The number of aliphatic carboxylic acids is 1. The highest BCUT2D eigenvalue weighted by Gasteiger charge is 2.02. The molecule has 21 heavy (non-hydrogen) atoms. The van der Waals surface area contributed by atoms with Crippen LogP contribution in [0.1, 0.15) is 16.7 Å². The number of hydrogen-bond donors (Lipinski definition) is 1. The van der Waals surface area contributed by atoms with E-state index < -0.39 is 5.97 Å². The Hall–Kier alpha value is -2.62. The van der Waals surface area contributed by atoms with E-state index in [-0.39, 0.29) is 5.82 Å². The molecule has 0 heterocycles. The summed E-state index contributed by atoms with van der Waals surface area (Å²) in [5.74, 6) is -0.633. The number of carboxylic acids is 1. The molecule has 0 amide bonds. The second kappa shape index (κ2) is 6.70. The number of carbonyl (C=O) groups is 1. The Kier molecular flexibility index (Phi) is 4.72. The lowest BCUT2D eigenvalue weighted by Gasteiger charge is -2.09. The van der Waals surface area contributed by atoms with Gasteiger partial charge in [-0.1, -0.05) is 18.2 Å². The summed E-state index contributed by atoms with van der Waals surface area (Å²) < 4.78 is 18.7. The summed E-state index contributed by atoms with van der Waals surface area (Å²) in [6, 6.07) is 11.7. The first-order valence-corrected chi connectivity index (χ1v) is 6.43. The van der Waals surface area contributed by atoms with Crippen molar-refractivity contribution in [2.75, 3.05) is 0 Å². The van der Waals surface area contributed by atoms with E-state index in [4.69, 9.17) is 9.84 Å². The fourth-order valence-electron chi connectivity index (χ4n) is 1.86. The Morgan fingerprint density at radius 2 is 2.10 bits per heavy atom. The zero-order valence-electron chi connectivity index (χ0n) is 11.5. The summed E-state index contributed by atoms with van der Waals surface area (Å²) in [7, 11) is 0. The number of ether oxygens (including phenoxy) is 1. The van der Waals surface area contributed by atoms with Crippen LogP contribution in [0.5, 0.6) is 5.75 Å². The number of benzene rings is 2. The van der Waals surface area contributed by atoms with Gasteiger partial charge in [-0.3, -0.25) is 0 Å². The molecule has 3 nitrogen and oxygen atoms in total. The smallest absolute Gasteiger partial charge is 0.328 e. The van der Waals surface area contributed by atoms with E-state index in [0.29, 0.717) is 12.4 Å². The maximum Gasteiger partial charge on any atom is 0.328 e. The summed E-state index contributed by atoms with van der Waals surface area (Å²) in [6.45, 7) is 2.16. The van der Waals surface area contributed by atoms with Crippen LogP contribution in [0.2, 0.25) is 0 Å². The lowest BCUT2D eigenvalue weighted by atomic mass is 10.1. The van der Waals surface area contributed by atoms with Crippen molar-refractivity contribution in [2.24, 2.45) is 0 Å². The number of rotatable bonds is 5. The molecule has 0 atom stereocenters. The summed E-state index contributed by atoms with van der Waals surface area (Å²) in [6.07, 6.45) is 2.57. The predicted molar refractivity (Wildman–Crippen MR) is 78.6 cm³/mol. The molecule has 0 saturated carbocycles. The number of hydrogen-bond acceptors (Lipinski definition) is 2. The minimum Gasteiger partial charge on any atom is -0.489 e. The van der Waals surface area contributed by atoms with Gasteiger partial charge < -0.3 is 9.84 Å². The molecule has 2 aromatic rings. The maximum atomic E-state index is 13.0. The normalized spacial score (nSPS) is 10.8. The van der Waals surface area contributed by atoms with E-state index in [1.165, 1.54) is 18.2 Å². The van der Waals surface area contributed by atoms with E-state index in [1.807, 2.05) is 6.92 Å². The van der Waals surface area contributed by atoms with Crippen molar-refractivity contribution in [2.45, 2.75) is 13.5 Å². The van der Waals surface area contributed by atoms with Crippen molar-refractivity contribution >= 4 is 12.0 Å². The minimum absolute atomic E-state index is 0.267. The lowest BCUT2D eigenvalue weighted by molar-refractivity contribution is -0.131. The molecule has 2 aromatic carbocycles. The average molecular weight is 286 g/mol. The molecule has 0 unspecified atom stereocenters. The van der Waals surface area contributed by atoms with Gasteiger partial charge in [0.25, 0.3) is 0 Å². The van der Waals surface area contributed by atoms with Crippen molar-refractivity contribution in [3.8, 4) is 5.75 Å². The van der Waals surface area contributed by atoms with Gasteiger partial charge in [-0.15, -0.1) is 0 Å². The topological polar surface area (TPSA) is 46.5 Å². The van der Waals surface area contributed by atoms with Gasteiger partial charge in [-0.2, -0.15) is 0 Å². The van der Waals surface area contributed by atoms with Crippen LogP contribution in [0.4, 0.5) is 4.39 Å². The minimum atomic E-state index is -0.997. The molecule has 0 aliphatic rings. The average Bonchev–Trinajstić information content (AvgIpc) is 2.45. The quantitative estimate of drug-likeness (QED) is 0.850. The second-order valence-corrected chi connectivity index (χ2v) is 4.60. The standard InChI is InChI=1S/C17H15FO3/c1-12-9-15(18)7-6-14(12)11-21-16-4-2-3-13(10-16)5-8-17(19)20/h2-10H,11H2,1H3,(H,19,20)/b8-5+. The third kappa shape index (κ3) is 4.45. The van der Waals surface area contributed by atoms with Gasteiger partial charge in [0.05, 0.1) is 0 Å². The highest BCUT2D eigenvalue weighted by molar-refractivity contribution is 5.85. The van der Waals surface area contributed by atoms with Gasteiger partial charge in [-0.25, -0.2) is 9.18 Å². The Balaban J connectivity index is 2.06. The van der Waals surface area contributed by atoms with Crippen molar-refractivity contribution < 1.29 is 19.0 Å². The Bertz CT molecular complexity index is 677. The van der Waals surface area contributed by atoms with Crippen LogP contribution in [0.15, 0.2) is 48.5 Å². The molecule has 0 fully saturated rings. The van der Waals surface area contributed by atoms with Crippen molar-refractivity contribution in [1.29, 1.82) is 0 Å². The summed E-state index contributed by atoms with van der Waals surface area (Å²) in [5, 5.41) is 8.60. The van der Waals surface area contributed by atoms with Crippen molar-refractivity contribution in [1.82, 2.24) is 0 Å². The fraction of sp³-hybridized carbons (Fsp3) is 0.118. The number of aryl methyl sites for hydroxylation is 1. The van der Waals surface area contributed by atoms with Crippen LogP contribution in [0, 0.1) is 12.7 Å². The van der Waals surface area contributed by atoms with Crippen LogP contribution < -0.4 is 4.74 Å². The molecule has 2 rings (SSSR count). The van der Waals surface area contributed by atoms with E-state index in [0.717, 1.165) is 22.8 Å². The molecular weight excluding hydrogens is 271 g/mol. The highest BCUT2D eigenvalue weighted by atomic mass is 19.1. The molecule has 1 N–H and O–H groups in total. The van der Waals surface area contributed by atoms with Crippen molar-refractivity contribution in [3.05, 3.63) is 71.0 Å². The third-order valence-corrected chi connectivity index (χ3v) is 2.98. The maximum absolute atomic E-state index is 13.0. The van der Waals surface area contributed by atoms with Crippen LogP contribution in [-0.4, -0.2) is 11.1 Å². The molecule has 0 aliphatic heterocycles. The fourth-order valence-corrected chi connectivity index (χ4v) is 1.86. The van der Waals surface area contributed by atoms with Gasteiger partial charge in [0.2, 0.25) is 0 Å². The van der Waals surface area contributed by atoms with Crippen LogP contribution in [0.25, 0.3) is 6.08 Å². The molecular formula is C17H15FO3. The SMILES string of the molecule is Cc1cc(F)ccc1COc1cccc(/C=C/C(=O)O)c1. The Morgan fingerprint density at radius 1 is 1.29 bits per heavy atom. The van der Waals surface area contributed by atoms with Crippen LogP contribution in [0.3, 0.4) is 0 Å². The van der Waals surface area contributed by atoms with Crippen LogP contribution in [-0.2, 0) is 11.4 Å². The van der Waals surface area contributed by atoms with E-state index >= 15 is 0 Å². The molecule has 0 bridgehead atoms. The molecule has 0 spiro atoms. The lowest BCUT2D eigenvalue weighted by Crippen LogP contribution is -1.98. The zero-order valence-corrected chi connectivity index (χ0v) is 11.5. The molecule has 4 heteroatoms. The van der Waals surface area contributed by atoms with Gasteiger partial charge in [0.15, 0.2) is 0 Å². The molecule has 0 aliphatic carbocycles. The van der Waals surface area contributed by atoms with Crippen LogP contribution >= 0.6 is 0 Å². The third-order valence-electron chi connectivity index (χ3n) is 2.98. The number of carboxylic acid groups (broad SMARTS) is 1. The van der Waals surface area contributed by atoms with E-state index in [2.05, 4.69) is 0 Å². The first-order valence-electron chi connectivity index (χ1n) is 6.43. The Morgan fingerprint density at radius 3 is 2.81 bits per heavy atom. The summed E-state index contributed by atoms with van der Waals surface area (Å²) in [4.78, 5) is 10.5. The van der Waals surface area contributed by atoms with Gasteiger partial charge in [0.1, 0.15) is 18.2 Å². The van der Waals surface area contributed by atoms with Gasteiger partial charge in [0, 0.05) is 6.08 Å². The highest BCUT2D eigenvalue weighted by Crippen LogP contribution is 2.18. The Labute approximate surface area is 122 Å². The monoisotopic (exact) mass is 286 g/mol.